The van der Waals surface area contributed by atoms with Crippen LogP contribution in [0.1, 0.15) is 18.9 Å². The first-order chi connectivity index (χ1) is 8.11. The van der Waals surface area contributed by atoms with Crippen molar-refractivity contribution >= 4 is 5.97 Å². The zero-order chi connectivity index (χ0) is 12.7. The summed E-state index contributed by atoms with van der Waals surface area (Å²) in [6.07, 6.45) is 1.84. The summed E-state index contributed by atoms with van der Waals surface area (Å²) in [5, 5.41) is 11.5. The SMILES string of the molecule is COc1ccc(CCC(C)NCC(=O)O)cc1. The Morgan fingerprint density at radius 2 is 2.06 bits per heavy atom. The van der Waals surface area contributed by atoms with E-state index in [2.05, 4.69) is 5.32 Å². The summed E-state index contributed by atoms with van der Waals surface area (Å²) in [7, 11) is 1.65. The number of hydrogen-bond donors (Lipinski definition) is 2. The Morgan fingerprint density at radius 3 is 2.59 bits per heavy atom. The molecule has 0 aromatic heterocycles. The summed E-state index contributed by atoms with van der Waals surface area (Å²) in [6.45, 7) is 2.01. The molecule has 4 heteroatoms. The average molecular weight is 237 g/mol. The minimum Gasteiger partial charge on any atom is -0.497 e. The zero-order valence-electron chi connectivity index (χ0n) is 10.3. The first-order valence-electron chi connectivity index (χ1n) is 5.70. The number of nitrogens with one attached hydrogen (secondary N) is 1. The maximum Gasteiger partial charge on any atom is 0.317 e. The van der Waals surface area contributed by atoms with Crippen LogP contribution in [0.25, 0.3) is 0 Å². The number of aliphatic carboxylic acids is 1. The van der Waals surface area contributed by atoms with Gasteiger partial charge in [-0.1, -0.05) is 12.1 Å². The highest BCUT2D eigenvalue weighted by Gasteiger charge is 2.04. The van der Waals surface area contributed by atoms with Gasteiger partial charge in [0.05, 0.1) is 13.7 Å². The van der Waals surface area contributed by atoms with Crippen LogP contribution < -0.4 is 10.1 Å². The summed E-state index contributed by atoms with van der Waals surface area (Å²) in [4.78, 5) is 10.4. The maximum absolute atomic E-state index is 10.4. The molecule has 1 aromatic rings. The van der Waals surface area contributed by atoms with Gasteiger partial charge >= 0.3 is 5.97 Å². The van der Waals surface area contributed by atoms with Crippen molar-refractivity contribution in [2.45, 2.75) is 25.8 Å². The fourth-order valence-corrected chi connectivity index (χ4v) is 1.54. The number of methoxy groups -OCH3 is 1. The van der Waals surface area contributed by atoms with Crippen LogP contribution in [-0.4, -0.2) is 30.8 Å². The molecule has 0 aliphatic rings. The normalized spacial score (nSPS) is 12.1. The number of ether oxygens (including phenoxy) is 1. The molecule has 0 amide bonds. The molecule has 0 aliphatic carbocycles. The van der Waals surface area contributed by atoms with E-state index in [9.17, 15) is 4.79 Å². The van der Waals surface area contributed by atoms with Gasteiger partial charge in [-0.3, -0.25) is 4.79 Å². The van der Waals surface area contributed by atoms with Crippen LogP contribution in [0.15, 0.2) is 24.3 Å². The van der Waals surface area contributed by atoms with Gasteiger partial charge in [0.15, 0.2) is 0 Å². The molecule has 0 fully saturated rings. The second-order valence-corrected chi connectivity index (χ2v) is 4.06. The van der Waals surface area contributed by atoms with Crippen LogP contribution in [-0.2, 0) is 11.2 Å². The molecule has 17 heavy (non-hydrogen) atoms. The number of carbonyl (C=O) groups is 1. The van der Waals surface area contributed by atoms with E-state index in [4.69, 9.17) is 9.84 Å². The highest BCUT2D eigenvalue weighted by molar-refractivity contribution is 5.69. The summed E-state index contributed by atoms with van der Waals surface area (Å²) < 4.78 is 5.08. The molecule has 94 valence electrons. The number of benzene rings is 1. The summed E-state index contributed by atoms with van der Waals surface area (Å²) in [5.41, 5.74) is 1.23. The van der Waals surface area contributed by atoms with Gasteiger partial charge in [0.25, 0.3) is 0 Å². The van der Waals surface area contributed by atoms with E-state index in [0.29, 0.717) is 0 Å². The fourth-order valence-electron chi connectivity index (χ4n) is 1.54. The molecule has 1 unspecified atom stereocenters. The van der Waals surface area contributed by atoms with Crippen LogP contribution in [0.4, 0.5) is 0 Å². The Labute approximate surface area is 102 Å². The highest BCUT2D eigenvalue weighted by atomic mass is 16.5. The molecule has 0 spiro atoms. The van der Waals surface area contributed by atoms with E-state index in [0.717, 1.165) is 18.6 Å². The molecular weight excluding hydrogens is 218 g/mol. The maximum atomic E-state index is 10.4. The molecular formula is C13H19NO3. The lowest BCUT2D eigenvalue weighted by Crippen LogP contribution is -2.31. The monoisotopic (exact) mass is 237 g/mol. The van der Waals surface area contributed by atoms with Crippen LogP contribution in [0.5, 0.6) is 5.75 Å². The van der Waals surface area contributed by atoms with E-state index < -0.39 is 5.97 Å². The Hall–Kier alpha value is -1.55. The predicted molar refractivity (Wildman–Crippen MR) is 66.4 cm³/mol. The third kappa shape index (κ3) is 5.36. The Balaban J connectivity index is 2.31. The van der Waals surface area contributed by atoms with Gasteiger partial charge in [0, 0.05) is 6.04 Å². The average Bonchev–Trinajstić information content (AvgIpc) is 2.34. The van der Waals surface area contributed by atoms with Gasteiger partial charge in [-0.05, 0) is 37.5 Å². The molecule has 1 aromatic carbocycles. The lowest BCUT2D eigenvalue weighted by Gasteiger charge is -2.12. The smallest absolute Gasteiger partial charge is 0.317 e. The second kappa shape index (κ2) is 6.91. The van der Waals surface area contributed by atoms with Crippen LogP contribution >= 0.6 is 0 Å². The quantitative estimate of drug-likeness (QED) is 0.757. The van der Waals surface area contributed by atoms with Gasteiger partial charge in [0.2, 0.25) is 0 Å². The van der Waals surface area contributed by atoms with Crippen molar-refractivity contribution in [3.05, 3.63) is 29.8 Å². The van der Waals surface area contributed by atoms with Gasteiger partial charge in [-0.15, -0.1) is 0 Å². The molecule has 0 heterocycles. The fraction of sp³-hybridized carbons (Fsp3) is 0.462. The van der Waals surface area contributed by atoms with E-state index >= 15 is 0 Å². The van der Waals surface area contributed by atoms with Crippen molar-refractivity contribution in [2.24, 2.45) is 0 Å². The van der Waals surface area contributed by atoms with E-state index in [-0.39, 0.29) is 12.6 Å². The van der Waals surface area contributed by atoms with Crippen molar-refractivity contribution < 1.29 is 14.6 Å². The lowest BCUT2D eigenvalue weighted by atomic mass is 10.1. The van der Waals surface area contributed by atoms with E-state index in [1.165, 1.54) is 5.56 Å². The molecule has 2 N–H and O–H groups in total. The number of aryl methyl sites for hydroxylation is 1. The predicted octanol–water partition coefficient (Wildman–Crippen LogP) is 1.69. The number of rotatable bonds is 7. The molecule has 0 saturated carbocycles. The molecule has 1 rings (SSSR count). The molecule has 4 nitrogen and oxygen atoms in total. The first kappa shape index (κ1) is 13.5. The van der Waals surface area contributed by atoms with E-state index in [1.807, 2.05) is 31.2 Å². The topological polar surface area (TPSA) is 58.6 Å². The van der Waals surface area contributed by atoms with Crippen molar-refractivity contribution in [1.82, 2.24) is 5.32 Å². The molecule has 0 saturated heterocycles. The zero-order valence-corrected chi connectivity index (χ0v) is 10.3. The summed E-state index contributed by atoms with van der Waals surface area (Å²) >= 11 is 0. The third-order valence-corrected chi connectivity index (χ3v) is 2.63. The molecule has 0 bridgehead atoms. The second-order valence-electron chi connectivity index (χ2n) is 4.06. The minimum absolute atomic E-state index is 0.0176. The molecule has 0 radical (unpaired) electrons. The van der Waals surface area contributed by atoms with Gasteiger partial charge in [0.1, 0.15) is 5.75 Å². The lowest BCUT2D eigenvalue weighted by molar-refractivity contribution is -0.136. The van der Waals surface area contributed by atoms with Crippen molar-refractivity contribution in [2.75, 3.05) is 13.7 Å². The van der Waals surface area contributed by atoms with Crippen molar-refractivity contribution in [3.63, 3.8) is 0 Å². The van der Waals surface area contributed by atoms with Crippen LogP contribution in [0.3, 0.4) is 0 Å². The molecule has 0 aliphatic heterocycles. The third-order valence-electron chi connectivity index (χ3n) is 2.63. The summed E-state index contributed by atoms with van der Waals surface area (Å²) in [5.74, 6) is 0.0344. The van der Waals surface area contributed by atoms with Crippen molar-refractivity contribution in [3.8, 4) is 5.75 Å². The van der Waals surface area contributed by atoms with E-state index in [1.54, 1.807) is 7.11 Å². The Morgan fingerprint density at radius 1 is 1.41 bits per heavy atom. The highest BCUT2D eigenvalue weighted by Crippen LogP contribution is 2.13. The first-order valence-corrected chi connectivity index (χ1v) is 5.70. The van der Waals surface area contributed by atoms with Gasteiger partial charge in [-0.2, -0.15) is 0 Å². The van der Waals surface area contributed by atoms with Gasteiger partial charge in [-0.25, -0.2) is 0 Å². The standard InChI is InChI=1S/C13H19NO3/c1-10(14-9-13(15)16)3-4-11-5-7-12(17-2)8-6-11/h5-8,10,14H,3-4,9H2,1-2H3,(H,15,16). The number of hydrogen-bond acceptors (Lipinski definition) is 3. The summed E-state index contributed by atoms with van der Waals surface area (Å²) in [6, 6.07) is 8.13. The Bertz CT molecular complexity index is 348. The van der Waals surface area contributed by atoms with Crippen LogP contribution in [0.2, 0.25) is 0 Å². The minimum atomic E-state index is -0.818. The molecule has 1 atom stereocenters. The number of carboxylic acids is 1. The van der Waals surface area contributed by atoms with Crippen molar-refractivity contribution in [1.29, 1.82) is 0 Å². The number of carboxylic acid groups (broad SMARTS) is 1. The van der Waals surface area contributed by atoms with Gasteiger partial charge < -0.3 is 15.2 Å². The largest absolute Gasteiger partial charge is 0.497 e. The van der Waals surface area contributed by atoms with Crippen LogP contribution in [0, 0.1) is 0 Å². The Kier molecular flexibility index (Phi) is 5.49.